The Morgan fingerprint density at radius 3 is 2.88 bits per heavy atom. The van der Waals surface area contributed by atoms with Crippen molar-refractivity contribution in [2.75, 3.05) is 13.7 Å². The number of ether oxygens (including phenoxy) is 1. The minimum Gasteiger partial charge on any atom is -0.496 e. The van der Waals surface area contributed by atoms with Crippen LogP contribution < -0.4 is 15.4 Å². The van der Waals surface area contributed by atoms with Crippen LogP contribution in [0, 0.1) is 11.3 Å². The molecule has 6 nitrogen and oxygen atoms in total. The molecule has 0 spiro atoms. The van der Waals surface area contributed by atoms with Crippen molar-refractivity contribution in [2.45, 2.75) is 13.0 Å². The first-order chi connectivity index (χ1) is 12.2. The molecule has 0 saturated heterocycles. The van der Waals surface area contributed by atoms with Gasteiger partial charge in [-0.1, -0.05) is 24.3 Å². The van der Waals surface area contributed by atoms with E-state index < -0.39 is 5.91 Å². The maximum atomic E-state index is 12.0. The van der Waals surface area contributed by atoms with Gasteiger partial charge in [0, 0.05) is 31.7 Å². The number of para-hydroxylation sites is 1. The van der Waals surface area contributed by atoms with Crippen LogP contribution in [0.1, 0.15) is 11.1 Å². The molecule has 1 aromatic heterocycles. The van der Waals surface area contributed by atoms with Crippen molar-refractivity contribution in [1.82, 2.24) is 15.6 Å². The number of nitrogens with one attached hydrogen (secondary N) is 2. The van der Waals surface area contributed by atoms with Gasteiger partial charge in [0.2, 0.25) is 0 Å². The van der Waals surface area contributed by atoms with Gasteiger partial charge in [-0.25, -0.2) is 0 Å². The number of methoxy groups -OCH3 is 1. The highest BCUT2D eigenvalue weighted by Gasteiger charge is 2.08. The van der Waals surface area contributed by atoms with Gasteiger partial charge in [-0.2, -0.15) is 5.26 Å². The summed E-state index contributed by atoms with van der Waals surface area (Å²) < 4.78 is 5.29. The van der Waals surface area contributed by atoms with E-state index in [1.807, 2.05) is 36.4 Å². The fraction of sp³-hybridized carbons (Fsp3) is 0.211. The standard InChI is InChI=1S/C19H20N4O2/c1-25-18-7-3-2-6-16(18)8-10-22-14-17(11-20)19(24)23-13-15-5-4-9-21-12-15/h2-7,9,12,14,22H,8,10,13H2,1H3,(H,23,24)/b17-14-. The number of benzene rings is 1. The zero-order valence-electron chi connectivity index (χ0n) is 14.0. The van der Waals surface area contributed by atoms with Crippen LogP contribution in [0.15, 0.2) is 60.6 Å². The minimum absolute atomic E-state index is 0.0314. The predicted molar refractivity (Wildman–Crippen MR) is 94.5 cm³/mol. The molecule has 1 aromatic carbocycles. The molecule has 25 heavy (non-hydrogen) atoms. The lowest BCUT2D eigenvalue weighted by atomic mass is 10.1. The molecule has 0 unspecified atom stereocenters. The first-order valence-electron chi connectivity index (χ1n) is 7.87. The van der Waals surface area contributed by atoms with Crippen LogP contribution >= 0.6 is 0 Å². The van der Waals surface area contributed by atoms with Crippen LogP contribution in [0.2, 0.25) is 0 Å². The maximum Gasteiger partial charge on any atom is 0.263 e. The fourth-order valence-electron chi connectivity index (χ4n) is 2.22. The molecule has 0 saturated carbocycles. The van der Waals surface area contributed by atoms with Gasteiger partial charge in [0.05, 0.1) is 7.11 Å². The lowest BCUT2D eigenvalue weighted by molar-refractivity contribution is -0.117. The lowest BCUT2D eigenvalue weighted by Crippen LogP contribution is -2.25. The molecule has 0 aliphatic rings. The number of nitrogens with zero attached hydrogens (tertiary/aromatic N) is 2. The second-order valence-corrected chi connectivity index (χ2v) is 5.23. The summed E-state index contributed by atoms with van der Waals surface area (Å²) in [6, 6.07) is 13.3. The number of aromatic nitrogens is 1. The SMILES string of the molecule is COc1ccccc1CCN/C=C(/C#N)C(=O)NCc1cccnc1. The molecule has 2 N–H and O–H groups in total. The molecule has 0 aliphatic carbocycles. The maximum absolute atomic E-state index is 12.0. The molecule has 0 bridgehead atoms. The van der Waals surface area contributed by atoms with E-state index in [9.17, 15) is 4.79 Å². The molecule has 128 valence electrons. The van der Waals surface area contributed by atoms with Crippen molar-refractivity contribution in [3.05, 3.63) is 71.7 Å². The summed E-state index contributed by atoms with van der Waals surface area (Å²) in [4.78, 5) is 16.0. The number of rotatable bonds is 8. The number of hydrogen-bond donors (Lipinski definition) is 2. The topological polar surface area (TPSA) is 87.0 Å². The average molecular weight is 336 g/mol. The number of pyridine rings is 1. The third kappa shape index (κ3) is 5.66. The molecule has 6 heteroatoms. The van der Waals surface area contributed by atoms with Gasteiger partial charge in [-0.15, -0.1) is 0 Å². The van der Waals surface area contributed by atoms with Gasteiger partial charge in [0.15, 0.2) is 0 Å². The number of hydrogen-bond acceptors (Lipinski definition) is 5. The molecule has 0 radical (unpaired) electrons. The smallest absolute Gasteiger partial charge is 0.263 e. The number of nitriles is 1. The molecule has 0 fully saturated rings. The first-order valence-corrected chi connectivity index (χ1v) is 7.87. The van der Waals surface area contributed by atoms with Crippen LogP contribution in [0.25, 0.3) is 0 Å². The van der Waals surface area contributed by atoms with Gasteiger partial charge in [-0.05, 0) is 29.7 Å². The van der Waals surface area contributed by atoms with Gasteiger partial charge in [0.1, 0.15) is 17.4 Å². The monoisotopic (exact) mass is 336 g/mol. The van der Waals surface area contributed by atoms with Gasteiger partial charge in [0.25, 0.3) is 5.91 Å². The van der Waals surface area contributed by atoms with Gasteiger partial charge < -0.3 is 15.4 Å². The third-order valence-electron chi connectivity index (χ3n) is 3.52. The summed E-state index contributed by atoms with van der Waals surface area (Å²) in [6.07, 6.45) is 5.49. The normalized spacial score (nSPS) is 10.6. The Balaban J connectivity index is 1.83. The fourth-order valence-corrected chi connectivity index (χ4v) is 2.22. The zero-order valence-corrected chi connectivity index (χ0v) is 14.0. The number of carbonyl (C=O) groups is 1. The van der Waals surface area contributed by atoms with E-state index in [2.05, 4.69) is 15.6 Å². The molecule has 2 aromatic rings. The lowest BCUT2D eigenvalue weighted by Gasteiger charge is -2.08. The first kappa shape index (κ1) is 18.0. The Labute approximate surface area is 147 Å². The Bertz CT molecular complexity index is 766. The summed E-state index contributed by atoms with van der Waals surface area (Å²) in [5.41, 5.74) is 1.96. The summed E-state index contributed by atoms with van der Waals surface area (Å²) in [7, 11) is 1.63. The minimum atomic E-state index is -0.420. The molecule has 0 atom stereocenters. The van der Waals surface area contributed by atoms with Gasteiger partial charge in [-0.3, -0.25) is 9.78 Å². The summed E-state index contributed by atoms with van der Waals surface area (Å²) in [5.74, 6) is 0.402. The summed E-state index contributed by atoms with van der Waals surface area (Å²) >= 11 is 0. The van der Waals surface area contributed by atoms with E-state index in [1.54, 1.807) is 25.6 Å². The Kier molecular flexibility index (Phi) is 7.01. The van der Waals surface area contributed by atoms with Crippen LogP contribution in [-0.2, 0) is 17.8 Å². The highest BCUT2D eigenvalue weighted by atomic mass is 16.5. The second-order valence-electron chi connectivity index (χ2n) is 5.23. The number of carbonyl (C=O) groups excluding carboxylic acids is 1. The van der Waals surface area contributed by atoms with Crippen LogP contribution in [-0.4, -0.2) is 24.5 Å². The molecule has 1 heterocycles. The molecular formula is C19H20N4O2. The van der Waals surface area contributed by atoms with E-state index in [1.165, 1.54) is 6.20 Å². The van der Waals surface area contributed by atoms with E-state index >= 15 is 0 Å². The predicted octanol–water partition coefficient (Wildman–Crippen LogP) is 1.95. The average Bonchev–Trinajstić information content (AvgIpc) is 2.67. The Hall–Kier alpha value is -3.33. The molecule has 1 amide bonds. The number of amides is 1. The van der Waals surface area contributed by atoms with E-state index in [0.717, 1.165) is 23.3 Å². The van der Waals surface area contributed by atoms with E-state index in [4.69, 9.17) is 10.00 Å². The summed E-state index contributed by atoms with van der Waals surface area (Å²) in [6.45, 7) is 0.911. The van der Waals surface area contributed by atoms with Crippen molar-refractivity contribution < 1.29 is 9.53 Å². The zero-order chi connectivity index (χ0) is 17.9. The highest BCUT2D eigenvalue weighted by molar-refractivity contribution is 5.97. The van der Waals surface area contributed by atoms with Crippen molar-refractivity contribution in [3.63, 3.8) is 0 Å². The molecule has 2 rings (SSSR count). The molecule has 0 aliphatic heterocycles. The highest BCUT2D eigenvalue weighted by Crippen LogP contribution is 2.17. The van der Waals surface area contributed by atoms with Crippen molar-refractivity contribution in [2.24, 2.45) is 0 Å². The van der Waals surface area contributed by atoms with Crippen molar-refractivity contribution in [1.29, 1.82) is 5.26 Å². The quantitative estimate of drug-likeness (QED) is 0.437. The third-order valence-corrected chi connectivity index (χ3v) is 3.52. The Morgan fingerprint density at radius 1 is 1.32 bits per heavy atom. The Morgan fingerprint density at radius 2 is 2.16 bits per heavy atom. The van der Waals surface area contributed by atoms with Crippen LogP contribution in [0.5, 0.6) is 5.75 Å². The van der Waals surface area contributed by atoms with Crippen molar-refractivity contribution >= 4 is 5.91 Å². The van der Waals surface area contributed by atoms with Crippen LogP contribution in [0.4, 0.5) is 0 Å². The van der Waals surface area contributed by atoms with E-state index in [0.29, 0.717) is 13.1 Å². The summed E-state index contributed by atoms with van der Waals surface area (Å²) in [5, 5.41) is 14.8. The van der Waals surface area contributed by atoms with Crippen molar-refractivity contribution in [3.8, 4) is 11.8 Å². The second kappa shape index (κ2) is 9.73. The van der Waals surface area contributed by atoms with E-state index in [-0.39, 0.29) is 5.57 Å². The largest absolute Gasteiger partial charge is 0.496 e. The van der Waals surface area contributed by atoms with Gasteiger partial charge >= 0.3 is 0 Å². The van der Waals surface area contributed by atoms with Crippen LogP contribution in [0.3, 0.4) is 0 Å². The molecular weight excluding hydrogens is 316 g/mol.